The minimum Gasteiger partial charge on any atom is -0.378 e. The van der Waals surface area contributed by atoms with Crippen molar-refractivity contribution in [3.05, 3.63) is 11.7 Å². The minimum absolute atomic E-state index is 0.299. The Hall–Kier alpha value is -0.980. The number of ether oxygens (including phenoxy) is 1. The average Bonchev–Trinajstić information content (AvgIpc) is 2.77. The zero-order valence-corrected chi connectivity index (χ0v) is 9.56. The molecule has 1 saturated heterocycles. The number of hydrogen-bond donors (Lipinski definition) is 1. The fraction of sp³-hybridized carbons (Fsp3) is 0.800. The number of nitrogens with zero attached hydrogens (tertiary/aromatic N) is 3. The Labute approximate surface area is 94.7 Å². The van der Waals surface area contributed by atoms with E-state index in [0.29, 0.717) is 30.8 Å². The highest BCUT2D eigenvalue weighted by Crippen LogP contribution is 2.13. The van der Waals surface area contributed by atoms with Gasteiger partial charge in [0.25, 0.3) is 0 Å². The van der Waals surface area contributed by atoms with E-state index in [1.54, 1.807) is 0 Å². The summed E-state index contributed by atoms with van der Waals surface area (Å²) in [5.41, 5.74) is 5.42. The van der Waals surface area contributed by atoms with Crippen LogP contribution in [0.15, 0.2) is 4.52 Å². The second-order valence-corrected chi connectivity index (χ2v) is 3.92. The Bertz CT molecular complexity index is 328. The van der Waals surface area contributed by atoms with Gasteiger partial charge in [0.1, 0.15) is 0 Å². The smallest absolute Gasteiger partial charge is 0.240 e. The van der Waals surface area contributed by atoms with E-state index in [-0.39, 0.29) is 0 Å². The number of nitrogens with two attached hydrogens (primary N) is 1. The van der Waals surface area contributed by atoms with Gasteiger partial charge in [-0.3, -0.25) is 4.90 Å². The first kappa shape index (κ1) is 11.5. The number of hydrogen-bond acceptors (Lipinski definition) is 6. The summed E-state index contributed by atoms with van der Waals surface area (Å²) in [4.78, 5) is 6.53. The van der Waals surface area contributed by atoms with Crippen LogP contribution in [-0.4, -0.2) is 40.8 Å². The molecule has 1 aliphatic heterocycles. The van der Waals surface area contributed by atoms with Gasteiger partial charge in [-0.2, -0.15) is 4.98 Å². The van der Waals surface area contributed by atoms with Crippen LogP contribution in [0.2, 0.25) is 0 Å². The Morgan fingerprint density at radius 3 is 3.12 bits per heavy atom. The fourth-order valence-electron chi connectivity index (χ4n) is 1.89. The first-order valence-corrected chi connectivity index (χ1v) is 5.66. The van der Waals surface area contributed by atoms with Gasteiger partial charge in [0.15, 0.2) is 5.82 Å². The van der Waals surface area contributed by atoms with Crippen molar-refractivity contribution in [1.29, 1.82) is 0 Å². The van der Waals surface area contributed by atoms with Gasteiger partial charge < -0.3 is 15.0 Å². The SMILES string of the molecule is CCC1COCCN1Cc1noc(CN)n1. The van der Waals surface area contributed by atoms with Crippen molar-refractivity contribution >= 4 is 0 Å². The fourth-order valence-corrected chi connectivity index (χ4v) is 1.89. The highest BCUT2D eigenvalue weighted by atomic mass is 16.5. The molecule has 0 aromatic carbocycles. The van der Waals surface area contributed by atoms with E-state index in [4.69, 9.17) is 15.0 Å². The van der Waals surface area contributed by atoms with E-state index in [1.165, 1.54) is 0 Å². The highest BCUT2D eigenvalue weighted by molar-refractivity contribution is 4.87. The molecule has 1 atom stereocenters. The van der Waals surface area contributed by atoms with Gasteiger partial charge in [0.2, 0.25) is 5.89 Å². The maximum Gasteiger partial charge on any atom is 0.240 e. The Morgan fingerprint density at radius 2 is 2.44 bits per heavy atom. The summed E-state index contributed by atoms with van der Waals surface area (Å²) in [7, 11) is 0. The molecular weight excluding hydrogens is 208 g/mol. The summed E-state index contributed by atoms with van der Waals surface area (Å²) in [6, 6.07) is 0.452. The number of rotatable bonds is 4. The molecule has 0 aliphatic carbocycles. The topological polar surface area (TPSA) is 77.4 Å². The van der Waals surface area contributed by atoms with Gasteiger partial charge in [0, 0.05) is 12.6 Å². The average molecular weight is 226 g/mol. The molecule has 0 saturated carbocycles. The maximum atomic E-state index is 5.44. The third kappa shape index (κ3) is 2.58. The molecule has 90 valence electrons. The Kier molecular flexibility index (Phi) is 3.87. The van der Waals surface area contributed by atoms with E-state index in [9.17, 15) is 0 Å². The van der Waals surface area contributed by atoms with Gasteiger partial charge in [-0.15, -0.1) is 0 Å². The van der Waals surface area contributed by atoms with E-state index < -0.39 is 0 Å². The van der Waals surface area contributed by atoms with Gasteiger partial charge in [-0.05, 0) is 6.42 Å². The van der Waals surface area contributed by atoms with E-state index in [0.717, 1.165) is 26.2 Å². The third-order valence-corrected chi connectivity index (χ3v) is 2.85. The number of morpholine rings is 1. The molecule has 1 aromatic rings. The van der Waals surface area contributed by atoms with E-state index in [2.05, 4.69) is 22.0 Å². The van der Waals surface area contributed by atoms with Gasteiger partial charge in [0.05, 0.1) is 26.3 Å². The molecule has 0 bridgehead atoms. The summed E-state index contributed by atoms with van der Waals surface area (Å²) in [5, 5.41) is 3.90. The van der Waals surface area contributed by atoms with Crippen molar-refractivity contribution < 1.29 is 9.26 Å². The Balaban J connectivity index is 1.96. The first-order valence-electron chi connectivity index (χ1n) is 5.66. The van der Waals surface area contributed by atoms with Crippen LogP contribution in [0.25, 0.3) is 0 Å². The predicted molar refractivity (Wildman–Crippen MR) is 57.5 cm³/mol. The van der Waals surface area contributed by atoms with E-state index >= 15 is 0 Å². The van der Waals surface area contributed by atoms with E-state index in [1.807, 2.05) is 0 Å². The molecule has 0 radical (unpaired) electrons. The molecule has 1 fully saturated rings. The van der Waals surface area contributed by atoms with Gasteiger partial charge >= 0.3 is 0 Å². The van der Waals surface area contributed by atoms with Crippen molar-refractivity contribution in [1.82, 2.24) is 15.0 Å². The lowest BCUT2D eigenvalue weighted by atomic mass is 10.2. The molecule has 0 spiro atoms. The van der Waals surface area contributed by atoms with Crippen molar-refractivity contribution in [2.75, 3.05) is 19.8 Å². The monoisotopic (exact) mass is 226 g/mol. The van der Waals surface area contributed by atoms with Crippen LogP contribution in [0.5, 0.6) is 0 Å². The van der Waals surface area contributed by atoms with Crippen LogP contribution in [0.3, 0.4) is 0 Å². The molecule has 6 nitrogen and oxygen atoms in total. The van der Waals surface area contributed by atoms with Crippen molar-refractivity contribution in [2.45, 2.75) is 32.5 Å². The zero-order valence-electron chi connectivity index (χ0n) is 9.56. The molecule has 2 rings (SSSR count). The number of aromatic nitrogens is 2. The summed E-state index contributed by atoms with van der Waals surface area (Å²) in [6.07, 6.45) is 1.07. The molecular formula is C10H18N4O2. The molecule has 16 heavy (non-hydrogen) atoms. The highest BCUT2D eigenvalue weighted by Gasteiger charge is 2.22. The Morgan fingerprint density at radius 1 is 1.56 bits per heavy atom. The minimum atomic E-state index is 0.299. The van der Waals surface area contributed by atoms with Crippen LogP contribution in [0.4, 0.5) is 0 Å². The second-order valence-electron chi connectivity index (χ2n) is 3.92. The molecule has 2 N–H and O–H groups in total. The molecule has 0 amide bonds. The van der Waals surface area contributed by atoms with Crippen LogP contribution in [-0.2, 0) is 17.8 Å². The third-order valence-electron chi connectivity index (χ3n) is 2.85. The van der Waals surface area contributed by atoms with Crippen LogP contribution >= 0.6 is 0 Å². The molecule has 1 unspecified atom stereocenters. The lowest BCUT2D eigenvalue weighted by molar-refractivity contribution is -0.0140. The first-order chi connectivity index (χ1) is 7.83. The lowest BCUT2D eigenvalue weighted by Crippen LogP contribution is -2.44. The largest absolute Gasteiger partial charge is 0.378 e. The zero-order chi connectivity index (χ0) is 11.4. The second kappa shape index (κ2) is 5.38. The standard InChI is InChI=1S/C10H18N4O2/c1-2-8-7-15-4-3-14(8)6-9-12-10(5-11)16-13-9/h8H,2-7,11H2,1H3. The summed E-state index contributed by atoms with van der Waals surface area (Å²) in [5.74, 6) is 1.21. The summed E-state index contributed by atoms with van der Waals surface area (Å²) in [6.45, 7) is 5.66. The van der Waals surface area contributed by atoms with Gasteiger partial charge in [-0.1, -0.05) is 12.1 Å². The van der Waals surface area contributed by atoms with Crippen molar-refractivity contribution in [2.24, 2.45) is 5.73 Å². The molecule has 1 aromatic heterocycles. The molecule has 1 aliphatic rings. The van der Waals surface area contributed by atoms with Crippen LogP contribution in [0.1, 0.15) is 25.1 Å². The summed E-state index contributed by atoms with van der Waals surface area (Å²) >= 11 is 0. The predicted octanol–water partition coefficient (Wildman–Crippen LogP) is 0.139. The molecule has 6 heteroatoms. The summed E-state index contributed by atoms with van der Waals surface area (Å²) < 4.78 is 10.4. The van der Waals surface area contributed by atoms with Crippen LogP contribution in [0, 0.1) is 0 Å². The lowest BCUT2D eigenvalue weighted by Gasteiger charge is -2.33. The van der Waals surface area contributed by atoms with Gasteiger partial charge in [-0.25, -0.2) is 0 Å². The van der Waals surface area contributed by atoms with Crippen molar-refractivity contribution in [3.63, 3.8) is 0 Å². The maximum absolute atomic E-state index is 5.44. The quantitative estimate of drug-likeness (QED) is 0.786. The van der Waals surface area contributed by atoms with Crippen LogP contribution < -0.4 is 5.73 Å². The molecule has 2 heterocycles. The van der Waals surface area contributed by atoms with Crippen molar-refractivity contribution in [3.8, 4) is 0 Å². The normalized spacial score (nSPS) is 22.5.